The number of aromatic nitrogens is 2. The highest BCUT2D eigenvalue weighted by molar-refractivity contribution is 6.44. The van der Waals surface area contributed by atoms with Crippen LogP contribution in [0.15, 0.2) is 42.7 Å². The lowest BCUT2D eigenvalue weighted by Crippen LogP contribution is -2.05. The summed E-state index contributed by atoms with van der Waals surface area (Å²) < 4.78 is 0. The minimum Gasteiger partial charge on any atom is -0.393 e. The monoisotopic (exact) mass is 413 g/mol. The number of hydrogen-bond donors (Lipinski definition) is 3. The van der Waals surface area contributed by atoms with Gasteiger partial charge >= 0.3 is 0 Å². The maximum absolute atomic E-state index is 6.18. The van der Waals surface area contributed by atoms with Gasteiger partial charge in [0.2, 0.25) is 0 Å². The van der Waals surface area contributed by atoms with Crippen LogP contribution in [0.1, 0.15) is 0 Å². The predicted octanol–water partition coefficient (Wildman–Crippen LogP) is 6.16. The van der Waals surface area contributed by atoms with E-state index in [2.05, 4.69) is 20.6 Å². The fourth-order valence-electron chi connectivity index (χ4n) is 2.05. The minimum absolute atomic E-state index is 0.287. The van der Waals surface area contributed by atoms with E-state index in [1.54, 1.807) is 36.4 Å². The number of rotatable bonds is 4. The van der Waals surface area contributed by atoms with E-state index in [-0.39, 0.29) is 5.69 Å². The van der Waals surface area contributed by atoms with Gasteiger partial charge in [0.25, 0.3) is 0 Å². The first-order valence-electron chi connectivity index (χ1n) is 7.00. The van der Waals surface area contributed by atoms with E-state index < -0.39 is 0 Å². The number of nitrogen functional groups attached to an aromatic ring is 1. The predicted molar refractivity (Wildman–Crippen MR) is 106 cm³/mol. The molecule has 0 spiro atoms. The van der Waals surface area contributed by atoms with Crippen LogP contribution in [0.4, 0.5) is 28.7 Å². The maximum atomic E-state index is 6.18. The van der Waals surface area contributed by atoms with Crippen molar-refractivity contribution in [1.29, 1.82) is 0 Å². The molecule has 5 nitrogen and oxygen atoms in total. The Labute approximate surface area is 164 Å². The van der Waals surface area contributed by atoms with Crippen LogP contribution in [0.2, 0.25) is 20.1 Å². The normalized spacial score (nSPS) is 10.6. The Kier molecular flexibility index (Phi) is 5.39. The molecule has 3 rings (SSSR count). The summed E-state index contributed by atoms with van der Waals surface area (Å²) in [4.78, 5) is 8.28. The number of nitrogens with two attached hydrogens (primary N) is 1. The van der Waals surface area contributed by atoms with Crippen LogP contribution in [0.25, 0.3) is 0 Å². The molecule has 0 fully saturated rings. The van der Waals surface area contributed by atoms with E-state index in [9.17, 15) is 0 Å². The minimum atomic E-state index is 0.287. The Balaban J connectivity index is 1.92. The highest BCUT2D eigenvalue weighted by Gasteiger charge is 2.13. The molecule has 0 aliphatic carbocycles. The molecule has 25 heavy (non-hydrogen) atoms. The molecule has 1 heterocycles. The van der Waals surface area contributed by atoms with Crippen LogP contribution in [-0.4, -0.2) is 9.97 Å². The van der Waals surface area contributed by atoms with Crippen molar-refractivity contribution < 1.29 is 0 Å². The SMILES string of the molecule is Nc1c(Nc2cccc(Cl)c2Cl)ncnc1Nc1cccc(Cl)c1Cl. The largest absolute Gasteiger partial charge is 0.393 e. The summed E-state index contributed by atoms with van der Waals surface area (Å²) in [6, 6.07) is 10.4. The third-order valence-corrected chi connectivity index (χ3v) is 4.93. The molecule has 9 heteroatoms. The number of benzene rings is 2. The Bertz CT molecular complexity index is 861. The Morgan fingerprint density at radius 1 is 0.720 bits per heavy atom. The van der Waals surface area contributed by atoms with Gasteiger partial charge in [-0.1, -0.05) is 58.5 Å². The van der Waals surface area contributed by atoms with Crippen molar-refractivity contribution in [2.45, 2.75) is 0 Å². The molecule has 0 bridgehead atoms. The number of hydrogen-bond acceptors (Lipinski definition) is 5. The number of halogens is 4. The molecule has 2 aromatic carbocycles. The van der Waals surface area contributed by atoms with Crippen LogP contribution < -0.4 is 16.4 Å². The first-order valence-corrected chi connectivity index (χ1v) is 8.51. The summed E-state index contributed by atoms with van der Waals surface area (Å²) in [5, 5.41) is 7.66. The van der Waals surface area contributed by atoms with Crippen molar-refractivity contribution in [1.82, 2.24) is 9.97 Å². The van der Waals surface area contributed by atoms with Gasteiger partial charge in [-0.15, -0.1) is 0 Å². The van der Waals surface area contributed by atoms with E-state index in [1.165, 1.54) is 6.33 Å². The quantitative estimate of drug-likeness (QED) is 0.476. The zero-order valence-electron chi connectivity index (χ0n) is 12.5. The van der Waals surface area contributed by atoms with Crippen LogP contribution >= 0.6 is 46.4 Å². The molecule has 0 saturated carbocycles. The van der Waals surface area contributed by atoms with Crippen LogP contribution in [0.3, 0.4) is 0 Å². The van der Waals surface area contributed by atoms with Crippen molar-refractivity contribution in [3.05, 3.63) is 62.8 Å². The van der Waals surface area contributed by atoms with Gasteiger partial charge in [0, 0.05) is 0 Å². The van der Waals surface area contributed by atoms with E-state index in [0.29, 0.717) is 43.1 Å². The average Bonchev–Trinajstić information content (AvgIpc) is 2.59. The lowest BCUT2D eigenvalue weighted by Gasteiger charge is -2.14. The summed E-state index contributed by atoms with van der Waals surface area (Å²) in [6.45, 7) is 0. The smallest absolute Gasteiger partial charge is 0.159 e. The fraction of sp³-hybridized carbons (Fsp3) is 0. The zero-order chi connectivity index (χ0) is 18.0. The van der Waals surface area contributed by atoms with E-state index >= 15 is 0 Å². The van der Waals surface area contributed by atoms with Gasteiger partial charge in [-0.2, -0.15) is 0 Å². The second-order valence-electron chi connectivity index (χ2n) is 4.94. The standard InChI is InChI=1S/C16H11Cl4N5/c17-8-3-1-5-10(12(8)19)24-15-14(21)16(23-7-22-15)25-11-6-2-4-9(18)13(11)20/h1-7H,21H2,(H2,22,23,24,25). The average molecular weight is 415 g/mol. The first kappa shape index (κ1) is 17.9. The van der Waals surface area contributed by atoms with Gasteiger partial charge in [-0.25, -0.2) is 9.97 Å². The zero-order valence-corrected chi connectivity index (χ0v) is 15.5. The molecule has 0 radical (unpaired) electrons. The van der Waals surface area contributed by atoms with Gasteiger partial charge in [-0.05, 0) is 24.3 Å². The lowest BCUT2D eigenvalue weighted by atomic mass is 10.3. The Morgan fingerprint density at radius 2 is 1.16 bits per heavy atom. The van der Waals surface area contributed by atoms with Gasteiger partial charge in [0.1, 0.15) is 12.0 Å². The third-order valence-electron chi connectivity index (χ3n) is 3.29. The third kappa shape index (κ3) is 3.85. The molecule has 0 unspecified atom stereocenters. The summed E-state index contributed by atoms with van der Waals surface area (Å²) in [6.07, 6.45) is 1.36. The molecule has 0 atom stereocenters. The Hall–Kier alpha value is -1.92. The highest BCUT2D eigenvalue weighted by Crippen LogP contribution is 2.36. The van der Waals surface area contributed by atoms with Crippen molar-refractivity contribution in [3.8, 4) is 0 Å². The van der Waals surface area contributed by atoms with Crippen molar-refractivity contribution in [3.63, 3.8) is 0 Å². The number of anilines is 5. The fourth-order valence-corrected chi connectivity index (χ4v) is 2.75. The topological polar surface area (TPSA) is 75.9 Å². The van der Waals surface area contributed by atoms with Gasteiger partial charge in [-0.3, -0.25) is 0 Å². The van der Waals surface area contributed by atoms with Crippen LogP contribution in [-0.2, 0) is 0 Å². The maximum Gasteiger partial charge on any atom is 0.159 e. The molecule has 0 amide bonds. The molecule has 0 aliphatic rings. The van der Waals surface area contributed by atoms with Crippen LogP contribution in [0.5, 0.6) is 0 Å². The van der Waals surface area contributed by atoms with Gasteiger partial charge in [0.15, 0.2) is 11.6 Å². The van der Waals surface area contributed by atoms with Gasteiger partial charge < -0.3 is 16.4 Å². The lowest BCUT2D eigenvalue weighted by molar-refractivity contribution is 1.17. The van der Waals surface area contributed by atoms with Crippen molar-refractivity contribution in [2.75, 3.05) is 16.4 Å². The van der Waals surface area contributed by atoms with Crippen molar-refractivity contribution in [2.24, 2.45) is 0 Å². The van der Waals surface area contributed by atoms with E-state index in [4.69, 9.17) is 52.1 Å². The second-order valence-corrected chi connectivity index (χ2v) is 6.51. The molecular weight excluding hydrogens is 404 g/mol. The molecule has 0 saturated heterocycles. The molecule has 3 aromatic rings. The summed E-state index contributed by atoms with van der Waals surface area (Å²) >= 11 is 24.4. The summed E-state index contributed by atoms with van der Waals surface area (Å²) in [5.41, 5.74) is 7.59. The van der Waals surface area contributed by atoms with Crippen LogP contribution in [0, 0.1) is 0 Å². The second kappa shape index (κ2) is 7.54. The first-order chi connectivity index (χ1) is 12.0. The number of nitrogens with one attached hydrogen (secondary N) is 2. The van der Waals surface area contributed by atoms with Gasteiger partial charge in [0.05, 0.1) is 31.5 Å². The summed E-state index contributed by atoms with van der Waals surface area (Å²) in [7, 11) is 0. The van der Waals surface area contributed by atoms with E-state index in [1.807, 2.05) is 0 Å². The molecular formula is C16H11Cl4N5. The molecule has 4 N–H and O–H groups in total. The number of nitrogens with zero attached hydrogens (tertiary/aromatic N) is 2. The summed E-state index contributed by atoms with van der Waals surface area (Å²) in [5.74, 6) is 0.750. The molecule has 0 aliphatic heterocycles. The molecule has 1 aromatic heterocycles. The molecule has 128 valence electrons. The highest BCUT2D eigenvalue weighted by atomic mass is 35.5. The Morgan fingerprint density at radius 3 is 1.60 bits per heavy atom. The van der Waals surface area contributed by atoms with Crippen molar-refractivity contribution >= 4 is 75.1 Å². The van der Waals surface area contributed by atoms with E-state index in [0.717, 1.165) is 0 Å².